The van der Waals surface area contributed by atoms with Gasteiger partial charge in [0.05, 0.1) is 12.5 Å². The minimum absolute atomic E-state index is 0.244. The third kappa shape index (κ3) is 2.01. The Hall–Kier alpha value is -2.83. The molecule has 0 saturated carbocycles. The Balaban J connectivity index is 2.43. The Kier molecular flexibility index (Phi) is 2.95. The number of carbonyl (C=O) groups is 2. The largest absolute Gasteiger partial charge is 0.374 e. The summed E-state index contributed by atoms with van der Waals surface area (Å²) in [6.45, 7) is 0. The fourth-order valence-corrected chi connectivity index (χ4v) is 1.88. The van der Waals surface area contributed by atoms with Crippen LogP contribution in [0.3, 0.4) is 0 Å². The van der Waals surface area contributed by atoms with Crippen molar-refractivity contribution in [3.05, 3.63) is 23.8 Å². The lowest BCUT2D eigenvalue weighted by Crippen LogP contribution is -2.33. The highest BCUT2D eigenvalue weighted by molar-refractivity contribution is 6.07. The molecule has 19 heavy (non-hydrogen) atoms. The van der Waals surface area contributed by atoms with Gasteiger partial charge in [0.25, 0.3) is 11.8 Å². The van der Waals surface area contributed by atoms with Gasteiger partial charge in [-0.1, -0.05) is 0 Å². The maximum absolute atomic E-state index is 11.7. The van der Waals surface area contributed by atoms with Crippen LogP contribution in [0.1, 0.15) is 12.0 Å². The maximum atomic E-state index is 11.7. The highest BCUT2D eigenvalue weighted by Gasteiger charge is 2.45. The number of nitriles is 1. The van der Waals surface area contributed by atoms with Crippen molar-refractivity contribution in [1.82, 2.24) is 0 Å². The Morgan fingerprint density at radius 3 is 2.95 bits per heavy atom. The molecule has 0 spiro atoms. The van der Waals surface area contributed by atoms with E-state index in [1.807, 2.05) is 5.92 Å². The van der Waals surface area contributed by atoms with Gasteiger partial charge in [-0.3, -0.25) is 9.59 Å². The van der Waals surface area contributed by atoms with Crippen molar-refractivity contribution in [2.24, 2.45) is 0 Å². The second-order valence-corrected chi connectivity index (χ2v) is 4.01. The van der Waals surface area contributed by atoms with Crippen molar-refractivity contribution < 1.29 is 14.7 Å². The van der Waals surface area contributed by atoms with Crippen LogP contribution in [0.5, 0.6) is 0 Å². The first-order chi connectivity index (χ1) is 9.01. The molecule has 1 aromatic carbocycles. The normalized spacial score (nSPS) is 19.8. The Labute approximate surface area is 109 Å². The molecule has 0 aromatic heterocycles. The van der Waals surface area contributed by atoms with Crippen LogP contribution in [0.25, 0.3) is 0 Å². The average Bonchev–Trinajstić information content (AvgIpc) is 2.63. The first-order valence-corrected chi connectivity index (χ1v) is 5.34. The van der Waals surface area contributed by atoms with Gasteiger partial charge in [-0.2, -0.15) is 5.26 Å². The van der Waals surface area contributed by atoms with Crippen LogP contribution in [-0.2, 0) is 15.2 Å². The monoisotopic (exact) mass is 255 g/mol. The third-order valence-electron chi connectivity index (χ3n) is 2.81. The number of hydrogen-bond donors (Lipinski definition) is 3. The standard InChI is InChI=1S/C13H9N3O3/c1-2-11(17)15-8-3-4-10-9(7-8)13(19,5-6-14)12(18)16-10/h1,3-4,7,19H,5H2,(H,15,17)(H,16,18). The molecule has 1 aliphatic rings. The molecule has 0 fully saturated rings. The summed E-state index contributed by atoms with van der Waals surface area (Å²) in [5, 5.41) is 23.8. The van der Waals surface area contributed by atoms with Gasteiger partial charge in [-0.15, -0.1) is 6.42 Å². The summed E-state index contributed by atoms with van der Waals surface area (Å²) in [4.78, 5) is 22.8. The molecule has 0 radical (unpaired) electrons. The van der Waals surface area contributed by atoms with E-state index in [0.717, 1.165) is 0 Å². The summed E-state index contributed by atoms with van der Waals surface area (Å²) < 4.78 is 0. The fraction of sp³-hybridized carbons (Fsp3) is 0.154. The molecule has 6 nitrogen and oxygen atoms in total. The summed E-state index contributed by atoms with van der Waals surface area (Å²) in [5.74, 6) is 0.588. The van der Waals surface area contributed by atoms with Gasteiger partial charge in [0.15, 0.2) is 5.60 Å². The topological polar surface area (TPSA) is 102 Å². The fourth-order valence-electron chi connectivity index (χ4n) is 1.88. The zero-order chi connectivity index (χ0) is 14.0. The first kappa shape index (κ1) is 12.6. The van der Waals surface area contributed by atoms with E-state index in [1.54, 1.807) is 6.07 Å². The zero-order valence-electron chi connectivity index (χ0n) is 9.73. The minimum atomic E-state index is -1.90. The van der Waals surface area contributed by atoms with Gasteiger partial charge >= 0.3 is 0 Å². The van der Waals surface area contributed by atoms with Crippen molar-refractivity contribution in [3.8, 4) is 18.4 Å². The van der Waals surface area contributed by atoms with E-state index in [0.29, 0.717) is 11.4 Å². The summed E-state index contributed by atoms with van der Waals surface area (Å²) in [6, 6.07) is 6.24. The lowest BCUT2D eigenvalue weighted by Gasteiger charge is -2.17. The second kappa shape index (κ2) is 4.45. The number of terminal acetylenes is 1. The molecule has 0 aliphatic carbocycles. The van der Waals surface area contributed by atoms with Gasteiger partial charge in [-0.05, 0) is 24.1 Å². The molecule has 1 atom stereocenters. The molecule has 3 N–H and O–H groups in total. The Morgan fingerprint density at radius 1 is 1.58 bits per heavy atom. The second-order valence-electron chi connectivity index (χ2n) is 4.01. The summed E-state index contributed by atoms with van der Waals surface area (Å²) in [7, 11) is 0. The molecule has 0 saturated heterocycles. The van der Waals surface area contributed by atoms with E-state index in [2.05, 4.69) is 10.6 Å². The summed E-state index contributed by atoms with van der Waals surface area (Å²) in [5.41, 5.74) is -0.911. The molecule has 0 bridgehead atoms. The van der Waals surface area contributed by atoms with Gasteiger partial charge < -0.3 is 15.7 Å². The molecular formula is C13H9N3O3. The quantitative estimate of drug-likeness (QED) is 0.662. The number of nitrogens with one attached hydrogen (secondary N) is 2. The smallest absolute Gasteiger partial charge is 0.300 e. The van der Waals surface area contributed by atoms with Crippen LogP contribution in [0, 0.1) is 23.7 Å². The van der Waals surface area contributed by atoms with Crippen molar-refractivity contribution in [3.63, 3.8) is 0 Å². The number of benzene rings is 1. The van der Waals surface area contributed by atoms with Crippen molar-refractivity contribution in [2.75, 3.05) is 10.6 Å². The van der Waals surface area contributed by atoms with Crippen LogP contribution in [-0.4, -0.2) is 16.9 Å². The minimum Gasteiger partial charge on any atom is -0.374 e. The van der Waals surface area contributed by atoms with Crippen molar-refractivity contribution in [2.45, 2.75) is 12.0 Å². The lowest BCUT2D eigenvalue weighted by molar-refractivity contribution is -0.133. The van der Waals surface area contributed by atoms with Gasteiger partial charge in [0.1, 0.15) is 0 Å². The molecule has 1 unspecified atom stereocenters. The number of nitrogens with zero attached hydrogens (tertiary/aromatic N) is 1. The zero-order valence-corrected chi connectivity index (χ0v) is 9.73. The van der Waals surface area contributed by atoms with Gasteiger partial charge in [0, 0.05) is 16.9 Å². The molecular weight excluding hydrogens is 246 g/mol. The number of rotatable bonds is 2. The van der Waals surface area contributed by atoms with Crippen molar-refractivity contribution >= 4 is 23.2 Å². The van der Waals surface area contributed by atoms with Crippen molar-refractivity contribution in [1.29, 1.82) is 5.26 Å². The molecule has 94 valence electrons. The number of hydrogen-bond acceptors (Lipinski definition) is 4. The SMILES string of the molecule is C#CC(=O)Nc1ccc2c(c1)C(O)(CC#N)C(=O)N2. The Bertz CT molecular complexity index is 654. The molecule has 6 heteroatoms. The molecule has 1 aliphatic heterocycles. The number of amides is 2. The maximum Gasteiger partial charge on any atom is 0.300 e. The van der Waals surface area contributed by atoms with E-state index >= 15 is 0 Å². The average molecular weight is 255 g/mol. The van der Waals surface area contributed by atoms with Crippen LogP contribution in [0.4, 0.5) is 11.4 Å². The van der Waals surface area contributed by atoms with Crippen LogP contribution in [0.15, 0.2) is 18.2 Å². The van der Waals surface area contributed by atoms with Gasteiger partial charge in [0.2, 0.25) is 0 Å². The number of carbonyl (C=O) groups excluding carboxylic acids is 2. The number of fused-ring (bicyclic) bond motifs is 1. The molecule has 1 heterocycles. The van der Waals surface area contributed by atoms with E-state index < -0.39 is 17.4 Å². The Morgan fingerprint density at radius 2 is 2.32 bits per heavy atom. The highest BCUT2D eigenvalue weighted by Crippen LogP contribution is 2.39. The van der Waals surface area contributed by atoms with E-state index in [9.17, 15) is 14.7 Å². The summed E-state index contributed by atoms with van der Waals surface area (Å²) in [6.07, 6.45) is 4.56. The van der Waals surface area contributed by atoms with Crippen LogP contribution >= 0.6 is 0 Å². The molecule has 2 rings (SSSR count). The summed E-state index contributed by atoms with van der Waals surface area (Å²) >= 11 is 0. The van der Waals surface area contributed by atoms with Gasteiger partial charge in [-0.25, -0.2) is 0 Å². The van der Waals surface area contributed by atoms with E-state index in [4.69, 9.17) is 11.7 Å². The number of anilines is 2. The van der Waals surface area contributed by atoms with Crippen LogP contribution < -0.4 is 10.6 Å². The lowest BCUT2D eigenvalue weighted by atomic mass is 9.92. The molecule has 1 aromatic rings. The predicted molar refractivity (Wildman–Crippen MR) is 66.7 cm³/mol. The number of aliphatic hydroxyl groups is 1. The highest BCUT2D eigenvalue weighted by atomic mass is 16.3. The first-order valence-electron chi connectivity index (χ1n) is 5.34. The van der Waals surface area contributed by atoms with E-state index in [-0.39, 0.29) is 12.0 Å². The van der Waals surface area contributed by atoms with Crippen LogP contribution in [0.2, 0.25) is 0 Å². The molecule has 2 amide bonds. The van der Waals surface area contributed by atoms with E-state index in [1.165, 1.54) is 18.2 Å². The predicted octanol–water partition coefficient (Wildman–Crippen LogP) is 0.312. The third-order valence-corrected chi connectivity index (χ3v) is 2.81.